The van der Waals surface area contributed by atoms with Gasteiger partial charge in [0.05, 0.1) is 12.2 Å². The largest absolute Gasteiger partial charge is 0.492 e. The highest BCUT2D eigenvalue weighted by Crippen LogP contribution is 2.28. The lowest BCUT2D eigenvalue weighted by Crippen LogP contribution is -2.19. The third-order valence-corrected chi connectivity index (χ3v) is 2.72. The van der Waals surface area contributed by atoms with Gasteiger partial charge in [-0.25, -0.2) is 0 Å². The van der Waals surface area contributed by atoms with Crippen LogP contribution in [0.4, 0.5) is 0 Å². The first-order chi connectivity index (χ1) is 8.18. The molecule has 0 fully saturated rings. The molecule has 1 N–H and O–H groups in total. The number of carbonyl (C=O) groups excluding carboxylic acids is 2. The van der Waals surface area contributed by atoms with Crippen LogP contribution in [0, 0.1) is 0 Å². The molecule has 0 saturated heterocycles. The van der Waals surface area contributed by atoms with Crippen molar-refractivity contribution in [2.24, 2.45) is 0 Å². The zero-order chi connectivity index (χ0) is 12.3. The maximum Gasteiger partial charge on any atom is 0.217 e. The molecule has 1 aliphatic heterocycles. The minimum absolute atomic E-state index is 0.0949. The monoisotopic (exact) mass is 233 g/mol. The van der Waals surface area contributed by atoms with E-state index in [-0.39, 0.29) is 11.7 Å². The van der Waals surface area contributed by atoms with Crippen LogP contribution in [0.5, 0.6) is 5.75 Å². The van der Waals surface area contributed by atoms with Crippen molar-refractivity contribution in [1.82, 2.24) is 5.32 Å². The third-order valence-electron chi connectivity index (χ3n) is 2.72. The number of ether oxygens (including phenoxy) is 1. The van der Waals surface area contributed by atoms with Gasteiger partial charge in [0.15, 0.2) is 5.78 Å². The number of nitrogens with one attached hydrogen (secondary N) is 1. The van der Waals surface area contributed by atoms with Crippen molar-refractivity contribution in [2.75, 3.05) is 6.61 Å². The van der Waals surface area contributed by atoms with E-state index in [0.717, 1.165) is 12.0 Å². The Morgan fingerprint density at radius 2 is 2.29 bits per heavy atom. The van der Waals surface area contributed by atoms with Crippen molar-refractivity contribution < 1.29 is 14.3 Å². The Kier molecular flexibility index (Phi) is 3.42. The molecule has 4 nitrogen and oxygen atoms in total. The topological polar surface area (TPSA) is 55.4 Å². The maximum absolute atomic E-state index is 11.8. The predicted octanol–water partition coefficient (Wildman–Crippen LogP) is 1.68. The highest BCUT2D eigenvalue weighted by atomic mass is 16.5. The number of benzene rings is 1. The number of ketones is 1. The minimum atomic E-state index is -0.0949. The first-order valence-corrected chi connectivity index (χ1v) is 5.71. The van der Waals surface area contributed by atoms with E-state index in [1.807, 2.05) is 12.1 Å². The second-order valence-electron chi connectivity index (χ2n) is 4.08. The smallest absolute Gasteiger partial charge is 0.217 e. The fourth-order valence-corrected chi connectivity index (χ4v) is 1.88. The standard InChI is InChI=1S/C13H15NO3/c1-9(15)14-8-10-4-2-5-11-12(16)6-3-7-17-13(10)11/h2,4-5H,3,6-8H2,1H3,(H,14,15). The molecular formula is C13H15NO3. The van der Waals surface area contributed by atoms with Gasteiger partial charge in [-0.05, 0) is 12.5 Å². The molecule has 1 amide bonds. The SMILES string of the molecule is CC(=O)NCc1cccc2c1OCCCC2=O. The number of amides is 1. The summed E-state index contributed by atoms with van der Waals surface area (Å²) >= 11 is 0. The Morgan fingerprint density at radius 3 is 3.06 bits per heavy atom. The van der Waals surface area contributed by atoms with Gasteiger partial charge in [0.25, 0.3) is 0 Å². The molecule has 17 heavy (non-hydrogen) atoms. The number of para-hydroxylation sites is 1. The summed E-state index contributed by atoms with van der Waals surface area (Å²) in [6.07, 6.45) is 1.27. The van der Waals surface area contributed by atoms with Crippen molar-refractivity contribution in [1.29, 1.82) is 0 Å². The maximum atomic E-state index is 11.8. The first-order valence-electron chi connectivity index (χ1n) is 5.71. The summed E-state index contributed by atoms with van der Waals surface area (Å²) in [5.74, 6) is 0.647. The van der Waals surface area contributed by atoms with Crippen LogP contribution in [0.15, 0.2) is 18.2 Å². The number of hydrogen-bond acceptors (Lipinski definition) is 3. The predicted molar refractivity (Wildman–Crippen MR) is 63.0 cm³/mol. The summed E-state index contributed by atoms with van der Waals surface area (Å²) in [5.41, 5.74) is 1.48. The summed E-state index contributed by atoms with van der Waals surface area (Å²) in [7, 11) is 0. The van der Waals surface area contributed by atoms with E-state index in [2.05, 4.69) is 5.32 Å². The van der Waals surface area contributed by atoms with Crippen LogP contribution in [-0.4, -0.2) is 18.3 Å². The summed E-state index contributed by atoms with van der Waals surface area (Å²) in [6, 6.07) is 5.47. The average Bonchev–Trinajstić information content (AvgIpc) is 2.49. The molecule has 4 heteroatoms. The molecule has 0 spiro atoms. The molecule has 1 aliphatic rings. The van der Waals surface area contributed by atoms with E-state index >= 15 is 0 Å². The Morgan fingerprint density at radius 1 is 1.47 bits per heavy atom. The van der Waals surface area contributed by atoms with Gasteiger partial charge in [0, 0.05) is 25.5 Å². The lowest BCUT2D eigenvalue weighted by molar-refractivity contribution is -0.119. The number of rotatable bonds is 2. The quantitative estimate of drug-likeness (QED) is 0.845. The summed E-state index contributed by atoms with van der Waals surface area (Å²) in [5, 5.41) is 2.72. The van der Waals surface area contributed by atoms with Gasteiger partial charge >= 0.3 is 0 Å². The first kappa shape index (κ1) is 11.6. The molecule has 0 aromatic heterocycles. The fourth-order valence-electron chi connectivity index (χ4n) is 1.88. The molecule has 0 unspecified atom stereocenters. The van der Waals surface area contributed by atoms with Gasteiger partial charge in [-0.3, -0.25) is 9.59 Å². The molecule has 90 valence electrons. The number of hydrogen-bond donors (Lipinski definition) is 1. The van der Waals surface area contributed by atoms with E-state index in [9.17, 15) is 9.59 Å². The third kappa shape index (κ3) is 2.64. The normalized spacial score (nSPS) is 14.5. The Hall–Kier alpha value is -1.84. The van der Waals surface area contributed by atoms with Crippen LogP contribution < -0.4 is 10.1 Å². The Balaban J connectivity index is 2.31. The van der Waals surface area contributed by atoms with Crippen LogP contribution in [-0.2, 0) is 11.3 Å². The van der Waals surface area contributed by atoms with Crippen LogP contribution in [0.2, 0.25) is 0 Å². The van der Waals surface area contributed by atoms with Gasteiger partial charge in [0.1, 0.15) is 5.75 Å². The van der Waals surface area contributed by atoms with Gasteiger partial charge in [-0.15, -0.1) is 0 Å². The molecule has 0 aliphatic carbocycles. The van der Waals surface area contributed by atoms with E-state index in [4.69, 9.17) is 4.74 Å². The van der Waals surface area contributed by atoms with Crippen LogP contribution in [0.25, 0.3) is 0 Å². The molecule has 0 radical (unpaired) electrons. The Labute approximate surface area is 100.0 Å². The summed E-state index contributed by atoms with van der Waals surface area (Å²) < 4.78 is 5.61. The lowest BCUT2D eigenvalue weighted by atomic mass is 10.0. The zero-order valence-corrected chi connectivity index (χ0v) is 9.79. The second-order valence-corrected chi connectivity index (χ2v) is 4.08. The summed E-state index contributed by atoms with van der Waals surface area (Å²) in [6.45, 7) is 2.41. The number of Topliss-reactive ketones (excluding diaryl/α,β-unsaturated/α-hetero) is 1. The molecule has 0 saturated carbocycles. The van der Waals surface area contributed by atoms with Crippen molar-refractivity contribution in [3.05, 3.63) is 29.3 Å². The minimum Gasteiger partial charge on any atom is -0.492 e. The molecule has 0 atom stereocenters. The van der Waals surface area contributed by atoms with Gasteiger partial charge in [-0.2, -0.15) is 0 Å². The van der Waals surface area contributed by atoms with Gasteiger partial charge in [0.2, 0.25) is 5.91 Å². The molecule has 1 aromatic rings. The van der Waals surface area contributed by atoms with E-state index in [1.165, 1.54) is 6.92 Å². The number of carbonyl (C=O) groups is 2. The summed E-state index contributed by atoms with van der Waals surface area (Å²) in [4.78, 5) is 22.7. The fraction of sp³-hybridized carbons (Fsp3) is 0.385. The molecule has 2 rings (SSSR count). The molecular weight excluding hydrogens is 218 g/mol. The van der Waals surface area contributed by atoms with E-state index < -0.39 is 0 Å². The number of fused-ring (bicyclic) bond motifs is 1. The molecule has 1 heterocycles. The highest BCUT2D eigenvalue weighted by Gasteiger charge is 2.19. The highest BCUT2D eigenvalue weighted by molar-refractivity contribution is 5.99. The van der Waals surface area contributed by atoms with Crippen molar-refractivity contribution in [3.8, 4) is 5.75 Å². The van der Waals surface area contributed by atoms with Crippen LogP contribution >= 0.6 is 0 Å². The van der Waals surface area contributed by atoms with E-state index in [1.54, 1.807) is 6.07 Å². The average molecular weight is 233 g/mol. The van der Waals surface area contributed by atoms with Crippen LogP contribution in [0.1, 0.15) is 35.7 Å². The lowest BCUT2D eigenvalue weighted by Gasteiger charge is -2.12. The van der Waals surface area contributed by atoms with Gasteiger partial charge < -0.3 is 10.1 Å². The van der Waals surface area contributed by atoms with Crippen molar-refractivity contribution in [3.63, 3.8) is 0 Å². The van der Waals surface area contributed by atoms with Crippen molar-refractivity contribution >= 4 is 11.7 Å². The van der Waals surface area contributed by atoms with E-state index in [0.29, 0.717) is 30.9 Å². The Bertz CT molecular complexity index is 454. The molecule has 0 bridgehead atoms. The van der Waals surface area contributed by atoms with Crippen LogP contribution in [0.3, 0.4) is 0 Å². The molecule has 1 aromatic carbocycles. The van der Waals surface area contributed by atoms with Crippen molar-refractivity contribution in [2.45, 2.75) is 26.3 Å². The second kappa shape index (κ2) is 4.99. The zero-order valence-electron chi connectivity index (χ0n) is 9.79. The van der Waals surface area contributed by atoms with Gasteiger partial charge in [-0.1, -0.05) is 12.1 Å².